The summed E-state index contributed by atoms with van der Waals surface area (Å²) in [4.78, 5) is 14.5. The number of nitrogens with zero attached hydrogens (tertiary/aromatic N) is 1. The van der Waals surface area contributed by atoms with Crippen molar-refractivity contribution in [1.29, 1.82) is 0 Å². The maximum atomic E-state index is 12.7. The average Bonchev–Trinajstić information content (AvgIpc) is 3.01. The van der Waals surface area contributed by atoms with Gasteiger partial charge >= 0.3 is 0 Å². The van der Waals surface area contributed by atoms with E-state index in [0.29, 0.717) is 6.54 Å². The maximum Gasteiger partial charge on any atom is 0.253 e. The molecule has 0 atom stereocenters. The molecule has 0 aromatic heterocycles. The molecule has 0 N–H and O–H groups in total. The molecular formula is C20H23NO2. The van der Waals surface area contributed by atoms with Gasteiger partial charge in [0.05, 0.1) is 7.11 Å². The highest BCUT2D eigenvalue weighted by Gasteiger charge is 2.17. The summed E-state index contributed by atoms with van der Waals surface area (Å²) in [6, 6.07) is 12.2. The van der Waals surface area contributed by atoms with Crippen LogP contribution >= 0.6 is 0 Å². The number of hydrogen-bond acceptors (Lipinski definition) is 2. The molecule has 0 aliphatic heterocycles. The second-order valence-corrected chi connectivity index (χ2v) is 6.31. The van der Waals surface area contributed by atoms with Crippen LogP contribution < -0.4 is 4.74 Å². The normalized spacial score (nSPS) is 12.8. The number of hydrogen-bond donors (Lipinski definition) is 0. The molecule has 0 saturated carbocycles. The number of ether oxygens (including phenoxy) is 1. The third-order valence-corrected chi connectivity index (χ3v) is 4.54. The van der Waals surface area contributed by atoms with Crippen molar-refractivity contribution in [3.63, 3.8) is 0 Å². The van der Waals surface area contributed by atoms with Crippen LogP contribution in [0.5, 0.6) is 5.75 Å². The third kappa shape index (κ3) is 3.24. The van der Waals surface area contributed by atoms with Gasteiger partial charge in [-0.3, -0.25) is 4.79 Å². The van der Waals surface area contributed by atoms with Crippen molar-refractivity contribution < 1.29 is 9.53 Å². The second-order valence-electron chi connectivity index (χ2n) is 6.31. The van der Waals surface area contributed by atoms with Gasteiger partial charge in [0.25, 0.3) is 5.91 Å². The van der Waals surface area contributed by atoms with Crippen LogP contribution in [0.4, 0.5) is 0 Å². The first-order valence-electron chi connectivity index (χ1n) is 8.09. The van der Waals surface area contributed by atoms with Gasteiger partial charge < -0.3 is 9.64 Å². The predicted molar refractivity (Wildman–Crippen MR) is 92.0 cm³/mol. The van der Waals surface area contributed by atoms with Crippen molar-refractivity contribution in [3.05, 3.63) is 64.2 Å². The molecule has 0 heterocycles. The van der Waals surface area contributed by atoms with Crippen LogP contribution in [0.2, 0.25) is 0 Å². The minimum absolute atomic E-state index is 0.0586. The van der Waals surface area contributed by atoms with Crippen molar-refractivity contribution in [1.82, 2.24) is 4.90 Å². The van der Waals surface area contributed by atoms with Crippen LogP contribution in [0, 0.1) is 6.92 Å². The molecule has 2 aromatic rings. The Kier molecular flexibility index (Phi) is 4.37. The summed E-state index contributed by atoms with van der Waals surface area (Å²) < 4.78 is 5.41. The number of aryl methyl sites for hydroxylation is 3. The van der Waals surface area contributed by atoms with Crippen LogP contribution in [0.25, 0.3) is 0 Å². The maximum absolute atomic E-state index is 12.7. The Labute approximate surface area is 137 Å². The largest absolute Gasteiger partial charge is 0.496 e. The second kappa shape index (κ2) is 6.45. The topological polar surface area (TPSA) is 29.5 Å². The van der Waals surface area contributed by atoms with Gasteiger partial charge in [0.1, 0.15) is 5.75 Å². The highest BCUT2D eigenvalue weighted by molar-refractivity contribution is 5.94. The molecule has 23 heavy (non-hydrogen) atoms. The third-order valence-electron chi connectivity index (χ3n) is 4.54. The zero-order chi connectivity index (χ0) is 16.4. The zero-order valence-electron chi connectivity index (χ0n) is 14.1. The molecule has 3 heteroatoms. The molecule has 120 valence electrons. The monoisotopic (exact) mass is 309 g/mol. The number of fused-ring (bicyclic) bond motifs is 1. The van der Waals surface area contributed by atoms with E-state index in [-0.39, 0.29) is 5.91 Å². The molecule has 0 fully saturated rings. The minimum Gasteiger partial charge on any atom is -0.496 e. The number of amides is 1. The van der Waals surface area contributed by atoms with E-state index in [9.17, 15) is 4.79 Å². The van der Waals surface area contributed by atoms with Gasteiger partial charge in [0.2, 0.25) is 0 Å². The number of rotatable bonds is 4. The van der Waals surface area contributed by atoms with Gasteiger partial charge in [0, 0.05) is 24.7 Å². The number of carbonyl (C=O) groups excluding carboxylic acids is 1. The fraction of sp³-hybridized carbons (Fsp3) is 0.350. The Bertz CT molecular complexity index is 736. The molecular weight excluding hydrogens is 286 g/mol. The molecule has 1 aliphatic rings. The van der Waals surface area contributed by atoms with E-state index >= 15 is 0 Å². The minimum atomic E-state index is 0.0586. The van der Waals surface area contributed by atoms with Crippen LogP contribution in [0.15, 0.2) is 36.4 Å². The lowest BCUT2D eigenvalue weighted by Crippen LogP contribution is -2.26. The van der Waals surface area contributed by atoms with Crippen LogP contribution in [0.3, 0.4) is 0 Å². The van der Waals surface area contributed by atoms with Gasteiger partial charge in [0.15, 0.2) is 0 Å². The highest BCUT2D eigenvalue weighted by atomic mass is 16.5. The Hall–Kier alpha value is -2.29. The van der Waals surface area contributed by atoms with Gasteiger partial charge in [-0.15, -0.1) is 0 Å². The predicted octanol–water partition coefficient (Wildman–Crippen LogP) is 3.76. The van der Waals surface area contributed by atoms with E-state index in [2.05, 4.69) is 18.2 Å². The fourth-order valence-corrected chi connectivity index (χ4v) is 3.28. The van der Waals surface area contributed by atoms with Crippen LogP contribution in [-0.2, 0) is 19.4 Å². The summed E-state index contributed by atoms with van der Waals surface area (Å²) in [6.45, 7) is 2.59. The van der Waals surface area contributed by atoms with Gasteiger partial charge in [-0.1, -0.05) is 23.8 Å². The quantitative estimate of drug-likeness (QED) is 0.860. The van der Waals surface area contributed by atoms with Gasteiger partial charge in [-0.25, -0.2) is 0 Å². The Balaban J connectivity index is 1.79. The summed E-state index contributed by atoms with van der Waals surface area (Å²) in [5.41, 5.74) is 5.70. The van der Waals surface area contributed by atoms with Gasteiger partial charge in [-0.2, -0.15) is 0 Å². The lowest BCUT2D eigenvalue weighted by molar-refractivity contribution is 0.0784. The smallest absolute Gasteiger partial charge is 0.253 e. The summed E-state index contributed by atoms with van der Waals surface area (Å²) in [5.74, 6) is 0.882. The molecule has 0 unspecified atom stereocenters. The summed E-state index contributed by atoms with van der Waals surface area (Å²) >= 11 is 0. The van der Waals surface area contributed by atoms with E-state index in [4.69, 9.17) is 4.74 Å². The Morgan fingerprint density at radius 2 is 1.91 bits per heavy atom. The molecule has 0 radical (unpaired) electrons. The first-order valence-corrected chi connectivity index (χ1v) is 8.09. The van der Waals surface area contributed by atoms with Crippen molar-refractivity contribution in [2.75, 3.05) is 14.2 Å². The molecule has 1 aliphatic carbocycles. The summed E-state index contributed by atoms with van der Waals surface area (Å²) in [7, 11) is 3.51. The first-order chi connectivity index (χ1) is 11.1. The lowest BCUT2D eigenvalue weighted by Gasteiger charge is -2.20. The highest BCUT2D eigenvalue weighted by Crippen LogP contribution is 2.25. The summed E-state index contributed by atoms with van der Waals surface area (Å²) in [5, 5.41) is 0. The molecule has 2 aromatic carbocycles. The molecule has 0 saturated heterocycles. The molecule has 1 amide bonds. The first kappa shape index (κ1) is 15.6. The fourth-order valence-electron chi connectivity index (χ4n) is 3.28. The molecule has 3 nitrogen and oxygen atoms in total. The van der Waals surface area contributed by atoms with E-state index < -0.39 is 0 Å². The van der Waals surface area contributed by atoms with E-state index in [1.165, 1.54) is 23.1 Å². The van der Waals surface area contributed by atoms with E-state index in [1.54, 1.807) is 12.0 Å². The number of carbonyl (C=O) groups is 1. The SMILES string of the molecule is COc1ccc(C)cc1CN(C)C(=O)c1ccc2c(c1)CCC2. The average molecular weight is 309 g/mol. The van der Waals surface area contributed by atoms with Crippen molar-refractivity contribution in [2.24, 2.45) is 0 Å². The van der Waals surface area contributed by atoms with E-state index in [1.807, 2.05) is 32.2 Å². The number of methoxy groups -OCH3 is 1. The summed E-state index contributed by atoms with van der Waals surface area (Å²) in [6.07, 6.45) is 3.43. The van der Waals surface area contributed by atoms with E-state index in [0.717, 1.165) is 29.7 Å². The number of benzene rings is 2. The molecule has 0 bridgehead atoms. The van der Waals surface area contributed by atoms with Crippen molar-refractivity contribution in [3.8, 4) is 5.75 Å². The zero-order valence-corrected chi connectivity index (χ0v) is 14.1. The molecule has 3 rings (SSSR count). The standard InChI is InChI=1S/C20H23NO2/c1-14-7-10-19(23-3)18(11-14)13-21(2)20(22)17-9-8-15-5-4-6-16(15)12-17/h7-12H,4-6,13H2,1-3H3. The lowest BCUT2D eigenvalue weighted by atomic mass is 10.1. The molecule has 0 spiro atoms. The van der Waals surface area contributed by atoms with Gasteiger partial charge in [-0.05, 0) is 55.5 Å². The van der Waals surface area contributed by atoms with Crippen molar-refractivity contribution >= 4 is 5.91 Å². The Morgan fingerprint density at radius 1 is 1.13 bits per heavy atom. The van der Waals surface area contributed by atoms with Crippen LogP contribution in [0.1, 0.15) is 39.0 Å². The van der Waals surface area contributed by atoms with Crippen LogP contribution in [-0.4, -0.2) is 25.0 Å². The van der Waals surface area contributed by atoms with Crippen molar-refractivity contribution in [2.45, 2.75) is 32.7 Å². The Morgan fingerprint density at radius 3 is 2.70 bits per heavy atom.